The average molecular weight is 305 g/mol. The van der Waals surface area contributed by atoms with Crippen LogP contribution in [0.3, 0.4) is 0 Å². The van der Waals surface area contributed by atoms with E-state index in [9.17, 15) is 0 Å². The molecule has 1 aliphatic heterocycles. The number of benzene rings is 1. The van der Waals surface area contributed by atoms with E-state index in [1.165, 1.54) is 0 Å². The van der Waals surface area contributed by atoms with E-state index in [0.717, 1.165) is 28.6 Å². The van der Waals surface area contributed by atoms with Crippen molar-refractivity contribution in [3.8, 4) is 0 Å². The van der Waals surface area contributed by atoms with E-state index in [4.69, 9.17) is 28.9 Å². The molecular weight excluding hydrogens is 287 g/mol. The summed E-state index contributed by atoms with van der Waals surface area (Å²) in [4.78, 5) is 2.44. The van der Waals surface area contributed by atoms with E-state index < -0.39 is 0 Å². The van der Waals surface area contributed by atoms with Crippen LogP contribution >= 0.6 is 35.0 Å². The molecule has 2 N–H and O–H groups in total. The molecule has 1 aliphatic rings. The molecule has 1 heterocycles. The highest BCUT2D eigenvalue weighted by Gasteiger charge is 2.27. The van der Waals surface area contributed by atoms with Crippen LogP contribution in [0.5, 0.6) is 0 Å². The van der Waals surface area contributed by atoms with Gasteiger partial charge in [0.25, 0.3) is 0 Å². The monoisotopic (exact) mass is 304 g/mol. The molecule has 100 valence electrons. The lowest BCUT2D eigenvalue weighted by molar-refractivity contribution is 0.166. The second-order valence-corrected chi connectivity index (χ2v) is 6.57. The zero-order chi connectivity index (χ0) is 13.1. The lowest BCUT2D eigenvalue weighted by Crippen LogP contribution is -2.45. The van der Waals surface area contributed by atoms with Crippen LogP contribution in [0, 0.1) is 0 Å². The van der Waals surface area contributed by atoms with E-state index in [2.05, 4.69) is 11.8 Å². The third-order valence-electron chi connectivity index (χ3n) is 3.36. The highest BCUT2D eigenvalue weighted by molar-refractivity contribution is 7.99. The summed E-state index contributed by atoms with van der Waals surface area (Å²) in [7, 11) is 0. The molecule has 0 radical (unpaired) electrons. The molecule has 1 aromatic rings. The zero-order valence-corrected chi connectivity index (χ0v) is 12.7. The van der Waals surface area contributed by atoms with Crippen LogP contribution in [0.4, 0.5) is 0 Å². The van der Waals surface area contributed by atoms with Crippen molar-refractivity contribution in [2.24, 2.45) is 5.73 Å². The Morgan fingerprint density at radius 2 is 2.28 bits per heavy atom. The molecule has 1 aromatic carbocycles. The van der Waals surface area contributed by atoms with Crippen molar-refractivity contribution in [1.29, 1.82) is 0 Å². The van der Waals surface area contributed by atoms with Gasteiger partial charge in [-0.15, -0.1) is 0 Å². The van der Waals surface area contributed by atoms with Gasteiger partial charge in [-0.3, -0.25) is 4.90 Å². The van der Waals surface area contributed by atoms with Gasteiger partial charge < -0.3 is 5.73 Å². The molecule has 2 rings (SSSR count). The van der Waals surface area contributed by atoms with Crippen LogP contribution in [0.1, 0.15) is 18.5 Å². The summed E-state index contributed by atoms with van der Waals surface area (Å²) in [5.74, 6) is 2.30. The van der Waals surface area contributed by atoms with E-state index in [1.54, 1.807) is 0 Å². The molecule has 1 fully saturated rings. The van der Waals surface area contributed by atoms with E-state index in [-0.39, 0.29) is 6.04 Å². The number of thioether (sulfide) groups is 1. The molecule has 0 saturated carbocycles. The summed E-state index contributed by atoms with van der Waals surface area (Å²) >= 11 is 14.4. The van der Waals surface area contributed by atoms with Gasteiger partial charge in [-0.1, -0.05) is 23.2 Å². The Labute approximate surface area is 123 Å². The lowest BCUT2D eigenvalue weighted by Gasteiger charge is -2.39. The van der Waals surface area contributed by atoms with Gasteiger partial charge in [0, 0.05) is 46.7 Å². The van der Waals surface area contributed by atoms with Crippen molar-refractivity contribution in [2.75, 3.05) is 24.6 Å². The van der Waals surface area contributed by atoms with E-state index in [0.29, 0.717) is 17.6 Å². The summed E-state index contributed by atoms with van der Waals surface area (Å²) in [6, 6.07) is 6.29. The van der Waals surface area contributed by atoms with Crippen molar-refractivity contribution in [1.82, 2.24) is 4.90 Å². The second-order valence-electron chi connectivity index (χ2n) is 4.58. The lowest BCUT2D eigenvalue weighted by atomic mass is 10.0. The minimum Gasteiger partial charge on any atom is -0.329 e. The van der Waals surface area contributed by atoms with Gasteiger partial charge in [0.2, 0.25) is 0 Å². The quantitative estimate of drug-likeness (QED) is 0.927. The first kappa shape index (κ1) is 14.5. The average Bonchev–Trinajstić information content (AvgIpc) is 2.36. The molecule has 18 heavy (non-hydrogen) atoms. The van der Waals surface area contributed by atoms with Crippen molar-refractivity contribution in [2.45, 2.75) is 19.0 Å². The van der Waals surface area contributed by atoms with Crippen LogP contribution in [0.25, 0.3) is 0 Å². The fourth-order valence-electron chi connectivity index (χ4n) is 2.41. The van der Waals surface area contributed by atoms with Gasteiger partial charge in [-0.25, -0.2) is 0 Å². The summed E-state index contributed by atoms with van der Waals surface area (Å²) in [6.07, 6.45) is 0. The molecule has 0 aromatic heterocycles. The minimum absolute atomic E-state index is 0.159. The van der Waals surface area contributed by atoms with E-state index in [1.807, 2.05) is 30.0 Å². The highest BCUT2D eigenvalue weighted by Crippen LogP contribution is 2.32. The maximum absolute atomic E-state index is 6.29. The summed E-state index contributed by atoms with van der Waals surface area (Å²) in [5, 5.41) is 1.46. The Bertz CT molecular complexity index is 414. The Balaban J connectivity index is 2.29. The van der Waals surface area contributed by atoms with Gasteiger partial charge in [-0.05, 0) is 30.7 Å². The maximum Gasteiger partial charge on any atom is 0.0489 e. The van der Waals surface area contributed by atoms with Crippen LogP contribution in [0.15, 0.2) is 18.2 Å². The maximum atomic E-state index is 6.29. The van der Waals surface area contributed by atoms with Gasteiger partial charge in [0.15, 0.2) is 0 Å². The summed E-state index contributed by atoms with van der Waals surface area (Å²) in [6.45, 7) is 3.86. The largest absolute Gasteiger partial charge is 0.329 e. The van der Waals surface area contributed by atoms with Crippen molar-refractivity contribution < 1.29 is 0 Å². The number of rotatable bonds is 3. The summed E-state index contributed by atoms with van der Waals surface area (Å²) < 4.78 is 0. The first-order valence-corrected chi connectivity index (χ1v) is 8.03. The highest BCUT2D eigenvalue weighted by atomic mass is 35.5. The third kappa shape index (κ3) is 3.14. The fraction of sp³-hybridized carbons (Fsp3) is 0.538. The Hall–Kier alpha value is 0.0700. The summed E-state index contributed by atoms with van der Waals surface area (Å²) in [5.41, 5.74) is 7.01. The molecule has 2 atom stereocenters. The Kier molecular flexibility index (Phi) is 5.22. The van der Waals surface area contributed by atoms with Crippen molar-refractivity contribution in [3.05, 3.63) is 33.8 Å². The topological polar surface area (TPSA) is 29.3 Å². The predicted molar refractivity (Wildman–Crippen MR) is 81.8 cm³/mol. The molecule has 5 heteroatoms. The Morgan fingerprint density at radius 1 is 1.50 bits per heavy atom. The minimum atomic E-state index is 0.159. The third-order valence-corrected chi connectivity index (χ3v) is 5.13. The SMILES string of the molecule is CC1CSCCN1C(CN)c1cc(Cl)ccc1Cl. The smallest absolute Gasteiger partial charge is 0.0489 e. The normalized spacial score (nSPS) is 23.0. The molecule has 0 spiro atoms. The molecule has 2 unspecified atom stereocenters. The van der Waals surface area contributed by atoms with Gasteiger partial charge >= 0.3 is 0 Å². The number of nitrogens with two attached hydrogens (primary N) is 1. The number of hydrogen-bond acceptors (Lipinski definition) is 3. The number of nitrogens with zero attached hydrogens (tertiary/aromatic N) is 1. The standard InChI is InChI=1S/C13H18Cl2N2S/c1-9-8-18-5-4-17(9)13(7-16)11-6-10(14)2-3-12(11)15/h2-3,6,9,13H,4-5,7-8,16H2,1H3. The van der Waals surface area contributed by atoms with E-state index >= 15 is 0 Å². The van der Waals surface area contributed by atoms with Crippen LogP contribution in [-0.2, 0) is 0 Å². The van der Waals surface area contributed by atoms with Gasteiger partial charge in [0.05, 0.1) is 0 Å². The van der Waals surface area contributed by atoms with Gasteiger partial charge in [0.1, 0.15) is 0 Å². The predicted octanol–water partition coefficient (Wildman–Crippen LogP) is 3.43. The van der Waals surface area contributed by atoms with Crippen LogP contribution < -0.4 is 5.73 Å². The molecule has 2 nitrogen and oxygen atoms in total. The molecular formula is C13H18Cl2N2S. The van der Waals surface area contributed by atoms with Crippen LogP contribution in [-0.4, -0.2) is 35.5 Å². The first-order chi connectivity index (χ1) is 8.63. The fourth-order valence-corrected chi connectivity index (χ4v) is 3.88. The first-order valence-electron chi connectivity index (χ1n) is 6.12. The van der Waals surface area contributed by atoms with Gasteiger partial charge in [-0.2, -0.15) is 11.8 Å². The second kappa shape index (κ2) is 6.49. The number of hydrogen-bond donors (Lipinski definition) is 1. The van der Waals surface area contributed by atoms with Crippen molar-refractivity contribution >= 4 is 35.0 Å². The van der Waals surface area contributed by atoms with Crippen molar-refractivity contribution in [3.63, 3.8) is 0 Å². The molecule has 0 aliphatic carbocycles. The Morgan fingerprint density at radius 3 is 2.94 bits per heavy atom. The van der Waals surface area contributed by atoms with Crippen LogP contribution in [0.2, 0.25) is 10.0 Å². The molecule has 0 bridgehead atoms. The zero-order valence-electron chi connectivity index (χ0n) is 10.4. The molecule has 1 saturated heterocycles. The molecule has 0 amide bonds. The number of halogens is 2.